The van der Waals surface area contributed by atoms with Crippen molar-refractivity contribution in [1.82, 2.24) is 30.4 Å². The molecule has 0 radical (unpaired) electrons. The van der Waals surface area contributed by atoms with Crippen LogP contribution in [-0.4, -0.2) is 99.7 Å². The van der Waals surface area contributed by atoms with Crippen LogP contribution in [-0.2, 0) is 9.59 Å². The Morgan fingerprint density at radius 3 is 2.25 bits per heavy atom. The molecule has 3 aromatic rings. The Morgan fingerprint density at radius 1 is 0.917 bits per heavy atom. The van der Waals surface area contributed by atoms with Crippen molar-refractivity contribution in [3.05, 3.63) is 81.8 Å². The number of benzene rings is 2. The summed E-state index contributed by atoms with van der Waals surface area (Å²) in [6.45, 7) is 11.7. The van der Waals surface area contributed by atoms with E-state index in [4.69, 9.17) is 16.3 Å². The second-order valence-electron chi connectivity index (χ2n) is 17.5. The minimum atomic E-state index is -1.06. The first-order valence-electron chi connectivity index (χ1n) is 20.5. The number of rotatable bonds is 7. The quantitative estimate of drug-likeness (QED) is 0.248. The predicted octanol–water partition coefficient (Wildman–Crippen LogP) is 4.75. The van der Waals surface area contributed by atoms with Crippen LogP contribution in [0.3, 0.4) is 0 Å². The van der Waals surface area contributed by atoms with Crippen LogP contribution in [0.25, 0.3) is 0 Å². The number of carbonyl (C=O) groups is 5. The SMILES string of the molecule is CC1(C)C(NC(=O)c2ccc(C#CC3CCN(C4CCN(c5cnc6c(n5)C(=O)N(C5CCC(=O)NC5=O)C6=O)CC4)CC3)cc2)C(C)(C)C1Oc1ccc(C#N)c(Cl)c1. The normalized spacial score (nSPS) is 24.1. The summed E-state index contributed by atoms with van der Waals surface area (Å²) in [5, 5.41) is 15.0. The number of anilines is 1. The van der Waals surface area contributed by atoms with E-state index in [1.807, 2.05) is 24.3 Å². The van der Waals surface area contributed by atoms with Crippen LogP contribution in [0.15, 0.2) is 48.7 Å². The Balaban J connectivity index is 0.794. The fourth-order valence-corrected chi connectivity index (χ4v) is 10.2. The molecule has 5 aliphatic rings. The van der Waals surface area contributed by atoms with Crippen LogP contribution in [0.2, 0.25) is 5.02 Å². The van der Waals surface area contributed by atoms with Gasteiger partial charge in [0.05, 0.1) is 16.8 Å². The van der Waals surface area contributed by atoms with Gasteiger partial charge in [0.2, 0.25) is 11.8 Å². The lowest BCUT2D eigenvalue weighted by atomic mass is 9.49. The van der Waals surface area contributed by atoms with Gasteiger partial charge in [0.25, 0.3) is 17.7 Å². The van der Waals surface area contributed by atoms with Crippen LogP contribution >= 0.6 is 11.6 Å². The lowest BCUT2D eigenvalue weighted by Crippen LogP contribution is -2.74. The first-order chi connectivity index (χ1) is 28.6. The number of ether oxygens (including phenoxy) is 1. The molecule has 1 unspecified atom stereocenters. The lowest BCUT2D eigenvalue weighted by Gasteiger charge is -2.63. The fraction of sp³-hybridized carbons (Fsp3) is 0.467. The van der Waals surface area contributed by atoms with E-state index >= 15 is 0 Å². The number of nitriles is 1. The molecular formula is C45H47ClN8O6. The van der Waals surface area contributed by atoms with Gasteiger partial charge < -0.3 is 19.9 Å². The lowest BCUT2D eigenvalue weighted by molar-refractivity contribution is -0.164. The number of imide groups is 2. The Hall–Kier alpha value is -5.83. The van der Waals surface area contributed by atoms with Crippen LogP contribution in [0, 0.1) is 39.9 Å². The highest BCUT2D eigenvalue weighted by atomic mass is 35.5. The van der Waals surface area contributed by atoms with Gasteiger partial charge >= 0.3 is 0 Å². The number of halogens is 1. The molecule has 4 aliphatic heterocycles. The molecule has 2 aromatic carbocycles. The highest BCUT2D eigenvalue weighted by molar-refractivity contribution is 6.31. The summed E-state index contributed by atoms with van der Waals surface area (Å²) < 4.78 is 6.36. The molecule has 3 saturated heterocycles. The van der Waals surface area contributed by atoms with Gasteiger partial charge in [-0.2, -0.15) is 5.26 Å². The Morgan fingerprint density at radius 2 is 1.60 bits per heavy atom. The maximum Gasteiger partial charge on any atom is 0.282 e. The van der Waals surface area contributed by atoms with E-state index in [1.165, 1.54) is 6.20 Å². The molecule has 1 aliphatic carbocycles. The summed E-state index contributed by atoms with van der Waals surface area (Å²) in [6, 6.07) is 13.8. The maximum absolute atomic E-state index is 13.4. The second-order valence-corrected chi connectivity index (χ2v) is 18.0. The van der Waals surface area contributed by atoms with E-state index in [1.54, 1.807) is 18.2 Å². The molecule has 2 N–H and O–H groups in total. The fourth-order valence-electron chi connectivity index (χ4n) is 9.94. The van der Waals surface area contributed by atoms with Crippen molar-refractivity contribution < 1.29 is 28.7 Å². The third-order valence-corrected chi connectivity index (χ3v) is 13.3. The van der Waals surface area contributed by atoms with E-state index in [0.29, 0.717) is 33.8 Å². The van der Waals surface area contributed by atoms with E-state index in [0.717, 1.165) is 62.3 Å². The van der Waals surface area contributed by atoms with E-state index in [-0.39, 0.29) is 59.0 Å². The van der Waals surface area contributed by atoms with E-state index in [2.05, 4.69) is 76.0 Å². The van der Waals surface area contributed by atoms with Gasteiger partial charge in [0.1, 0.15) is 29.8 Å². The third kappa shape index (κ3) is 7.59. The molecule has 0 spiro atoms. The average Bonchev–Trinajstić information content (AvgIpc) is 3.49. The van der Waals surface area contributed by atoms with Crippen molar-refractivity contribution in [3.63, 3.8) is 0 Å². The highest BCUT2D eigenvalue weighted by Crippen LogP contribution is 2.55. The molecule has 310 valence electrons. The summed E-state index contributed by atoms with van der Waals surface area (Å²) in [7, 11) is 0. The van der Waals surface area contributed by atoms with Crippen molar-refractivity contribution in [2.45, 2.75) is 90.4 Å². The van der Waals surface area contributed by atoms with Gasteiger partial charge in [-0.1, -0.05) is 51.1 Å². The smallest absolute Gasteiger partial charge is 0.282 e. The number of carbonyl (C=O) groups excluding carboxylic acids is 5. The van der Waals surface area contributed by atoms with Gasteiger partial charge in [-0.25, -0.2) is 9.97 Å². The van der Waals surface area contributed by atoms with E-state index in [9.17, 15) is 29.2 Å². The number of likely N-dealkylation sites (tertiary alicyclic amines) is 1. The number of amides is 5. The standard InChI is InChI=1S/C45H47ClN8O6/c1-44(2)42(45(3,4)43(44)60-31-12-11-29(24-47)32(46)23-31)51-38(56)28-9-7-26(8-10-28)5-6-27-15-19-52(20-16-27)30-17-21-53(22-18-30)34-25-48-36-37(49-34)41(59)54(40(36)58)33-13-14-35(55)50-39(33)57/h7-12,23,25,27,30,33,42-43H,13-22H2,1-4H3,(H,51,56)(H,50,55,57). The minimum absolute atomic E-state index is 0.0485. The summed E-state index contributed by atoms with van der Waals surface area (Å²) in [5.41, 5.74) is 0.970. The van der Waals surface area contributed by atoms with Crippen LogP contribution < -0.4 is 20.3 Å². The number of piperidine rings is 3. The number of nitrogens with one attached hydrogen (secondary N) is 2. The number of hydrogen-bond donors (Lipinski definition) is 2. The predicted molar refractivity (Wildman–Crippen MR) is 221 cm³/mol. The average molecular weight is 831 g/mol. The molecule has 5 heterocycles. The number of nitrogens with zero attached hydrogens (tertiary/aromatic N) is 6. The van der Waals surface area contributed by atoms with Crippen LogP contribution in [0.4, 0.5) is 5.82 Å². The molecule has 14 nitrogen and oxygen atoms in total. The Kier molecular flexibility index (Phi) is 10.9. The number of hydrogen-bond acceptors (Lipinski definition) is 11. The zero-order valence-corrected chi connectivity index (χ0v) is 34.8. The molecule has 4 fully saturated rings. The highest BCUT2D eigenvalue weighted by Gasteiger charge is 2.64. The molecule has 5 amide bonds. The number of fused-ring (bicyclic) bond motifs is 1. The van der Waals surface area contributed by atoms with Crippen molar-refractivity contribution in [2.24, 2.45) is 16.7 Å². The molecule has 60 heavy (non-hydrogen) atoms. The Bertz CT molecular complexity index is 2350. The first-order valence-corrected chi connectivity index (χ1v) is 20.9. The van der Waals surface area contributed by atoms with Gasteiger partial charge in [-0.15, -0.1) is 0 Å². The largest absolute Gasteiger partial charge is 0.489 e. The molecule has 15 heteroatoms. The molecule has 0 bridgehead atoms. The molecule has 8 rings (SSSR count). The van der Waals surface area contributed by atoms with Gasteiger partial charge in [-0.05, 0) is 81.6 Å². The topological polar surface area (TPSA) is 178 Å². The molecule has 1 saturated carbocycles. The zero-order chi connectivity index (χ0) is 42.5. The van der Waals surface area contributed by atoms with Crippen molar-refractivity contribution >= 4 is 47.0 Å². The van der Waals surface area contributed by atoms with Gasteiger partial charge in [0.15, 0.2) is 11.4 Å². The van der Waals surface area contributed by atoms with Gasteiger partial charge in [-0.3, -0.25) is 34.2 Å². The van der Waals surface area contributed by atoms with Crippen molar-refractivity contribution in [3.8, 4) is 23.7 Å². The van der Waals surface area contributed by atoms with Gasteiger partial charge in [0, 0.05) is 65.5 Å². The first kappa shape index (κ1) is 40.9. The monoisotopic (exact) mass is 830 g/mol. The summed E-state index contributed by atoms with van der Waals surface area (Å²) in [5.74, 6) is 5.63. The second kappa shape index (κ2) is 16.0. The van der Waals surface area contributed by atoms with E-state index < -0.39 is 29.7 Å². The zero-order valence-electron chi connectivity index (χ0n) is 34.1. The van der Waals surface area contributed by atoms with Crippen LogP contribution in [0.5, 0.6) is 5.75 Å². The Labute approximate surface area is 354 Å². The minimum Gasteiger partial charge on any atom is -0.489 e. The molecule has 1 aromatic heterocycles. The summed E-state index contributed by atoms with van der Waals surface area (Å²) in [6.07, 6.45) is 5.23. The summed E-state index contributed by atoms with van der Waals surface area (Å²) >= 11 is 6.24. The maximum atomic E-state index is 13.4. The number of aromatic nitrogens is 2. The molecular weight excluding hydrogens is 784 g/mol. The third-order valence-electron chi connectivity index (χ3n) is 13.0. The van der Waals surface area contributed by atoms with Crippen LogP contribution in [0.1, 0.15) is 109 Å². The van der Waals surface area contributed by atoms with Crippen molar-refractivity contribution in [1.29, 1.82) is 5.26 Å². The van der Waals surface area contributed by atoms with Crippen molar-refractivity contribution in [2.75, 3.05) is 31.1 Å². The molecule has 1 atom stereocenters. The summed E-state index contributed by atoms with van der Waals surface area (Å²) in [4.78, 5) is 78.0.